The SMILES string of the molecule is C1=CC2C(c3ccccc3N2c2ccccc2)c2c1oc1cccc(-c3ccc(-c4nc(-c5ccc(-c6ccccc6)cc5)nc(-c5ccc(-c6ccccc6)cc5)n4)cc3)c21. The fourth-order valence-electron chi connectivity index (χ4n) is 9.38. The summed E-state index contributed by atoms with van der Waals surface area (Å²) < 4.78 is 6.65. The number of rotatable bonds is 7. The zero-order valence-electron chi connectivity index (χ0n) is 33.6. The summed E-state index contributed by atoms with van der Waals surface area (Å²) in [7, 11) is 0. The van der Waals surface area contributed by atoms with Crippen molar-refractivity contribution < 1.29 is 4.42 Å². The van der Waals surface area contributed by atoms with Crippen LogP contribution in [0.1, 0.15) is 22.8 Å². The molecule has 2 unspecified atom stereocenters. The molecule has 0 amide bonds. The van der Waals surface area contributed by atoms with Gasteiger partial charge in [-0.05, 0) is 69.3 Å². The summed E-state index contributed by atoms with van der Waals surface area (Å²) in [6.07, 6.45) is 4.48. The average molecular weight is 795 g/mol. The molecular weight excluding hydrogens is 757 g/mol. The Morgan fingerprint density at radius 3 is 1.44 bits per heavy atom. The number of hydrogen-bond donors (Lipinski definition) is 0. The molecule has 0 saturated heterocycles. The minimum atomic E-state index is 0.110. The first kappa shape index (κ1) is 35.8. The number of aromatic nitrogens is 3. The van der Waals surface area contributed by atoms with E-state index in [1.165, 1.54) is 33.6 Å². The van der Waals surface area contributed by atoms with Crippen LogP contribution < -0.4 is 4.90 Å². The standard InChI is InChI=1S/C57H38N4O/c1-4-13-37(14-5-1)39-23-29-42(30-24-39)55-58-56(43-31-25-40(26-32-43)38-15-6-2-7-16-38)60-57(59-55)44-33-27-41(28-34-44)46-20-12-22-50-53(46)54-51(62-50)36-35-49-52(54)47-19-10-11-21-48(47)61(49)45-17-8-3-9-18-45/h1-36,49,52H. The van der Waals surface area contributed by atoms with Crippen molar-refractivity contribution in [3.63, 3.8) is 0 Å². The van der Waals surface area contributed by atoms with Crippen molar-refractivity contribution in [1.29, 1.82) is 0 Å². The van der Waals surface area contributed by atoms with Crippen molar-refractivity contribution in [3.05, 3.63) is 229 Å². The van der Waals surface area contributed by atoms with Gasteiger partial charge < -0.3 is 9.32 Å². The summed E-state index contributed by atoms with van der Waals surface area (Å²) in [5.74, 6) is 2.90. The van der Waals surface area contributed by atoms with Gasteiger partial charge >= 0.3 is 0 Å². The van der Waals surface area contributed by atoms with Crippen molar-refractivity contribution in [2.75, 3.05) is 4.90 Å². The van der Waals surface area contributed by atoms with Crippen LogP contribution in [0.15, 0.2) is 217 Å². The number of anilines is 2. The molecule has 0 spiro atoms. The van der Waals surface area contributed by atoms with E-state index < -0.39 is 0 Å². The quantitative estimate of drug-likeness (QED) is 0.161. The Kier molecular flexibility index (Phi) is 8.56. The summed E-state index contributed by atoms with van der Waals surface area (Å²) in [6.45, 7) is 0. The minimum absolute atomic E-state index is 0.110. The molecule has 0 saturated carbocycles. The van der Waals surface area contributed by atoms with Gasteiger partial charge in [-0.25, -0.2) is 15.0 Å². The predicted molar refractivity (Wildman–Crippen MR) is 252 cm³/mol. The van der Waals surface area contributed by atoms with Gasteiger partial charge in [0, 0.05) is 44.9 Å². The van der Waals surface area contributed by atoms with E-state index in [1.54, 1.807) is 0 Å². The molecule has 2 atom stereocenters. The van der Waals surface area contributed by atoms with E-state index in [0.29, 0.717) is 17.5 Å². The maximum Gasteiger partial charge on any atom is 0.164 e. The van der Waals surface area contributed by atoms with Crippen LogP contribution in [0.25, 0.3) is 84.6 Å². The van der Waals surface area contributed by atoms with E-state index >= 15 is 0 Å². The molecule has 0 radical (unpaired) electrons. The Labute approximate surface area is 360 Å². The highest BCUT2D eigenvalue weighted by molar-refractivity contribution is 6.00. The number of furan rings is 1. The first-order valence-corrected chi connectivity index (χ1v) is 21.1. The van der Waals surface area contributed by atoms with E-state index in [-0.39, 0.29) is 12.0 Å². The highest BCUT2D eigenvalue weighted by Gasteiger charge is 2.43. The predicted octanol–water partition coefficient (Wildman–Crippen LogP) is 14.3. The molecule has 8 aromatic carbocycles. The van der Waals surface area contributed by atoms with E-state index in [0.717, 1.165) is 55.7 Å². The van der Waals surface area contributed by atoms with E-state index in [2.05, 4.69) is 211 Å². The Balaban J connectivity index is 0.937. The molecule has 0 bridgehead atoms. The molecule has 5 nitrogen and oxygen atoms in total. The van der Waals surface area contributed by atoms with Crippen LogP contribution in [0.5, 0.6) is 0 Å². The fraction of sp³-hybridized carbons (Fsp3) is 0.0351. The highest BCUT2D eigenvalue weighted by atomic mass is 16.3. The Hall–Kier alpha value is -8.15. The van der Waals surface area contributed by atoms with Crippen LogP contribution in [0, 0.1) is 0 Å². The molecule has 5 heteroatoms. The lowest BCUT2D eigenvalue weighted by molar-refractivity contribution is 0.584. The van der Waals surface area contributed by atoms with Crippen molar-refractivity contribution >= 4 is 28.4 Å². The zero-order valence-corrected chi connectivity index (χ0v) is 33.6. The van der Waals surface area contributed by atoms with Crippen LogP contribution >= 0.6 is 0 Å². The molecule has 2 aromatic heterocycles. The van der Waals surface area contributed by atoms with Crippen LogP contribution in [0.3, 0.4) is 0 Å². The second-order valence-corrected chi connectivity index (χ2v) is 15.9. The molecule has 0 N–H and O–H groups in total. The third-order valence-corrected chi connectivity index (χ3v) is 12.3. The number of nitrogens with zero attached hydrogens (tertiary/aromatic N) is 4. The van der Waals surface area contributed by atoms with Gasteiger partial charge in [-0.3, -0.25) is 0 Å². The number of hydrogen-bond acceptors (Lipinski definition) is 5. The lowest BCUT2D eigenvalue weighted by Gasteiger charge is -2.30. The smallest absolute Gasteiger partial charge is 0.164 e. The molecule has 2 aliphatic rings. The van der Waals surface area contributed by atoms with Gasteiger partial charge in [0.1, 0.15) is 11.3 Å². The number of fused-ring (bicyclic) bond motifs is 7. The summed E-state index contributed by atoms with van der Waals surface area (Å²) in [4.78, 5) is 17.8. The maximum atomic E-state index is 6.65. The molecule has 62 heavy (non-hydrogen) atoms. The second-order valence-electron chi connectivity index (χ2n) is 15.9. The van der Waals surface area contributed by atoms with Gasteiger partial charge in [0.2, 0.25) is 0 Å². The van der Waals surface area contributed by atoms with Crippen LogP contribution in [-0.2, 0) is 0 Å². The Bertz CT molecular complexity index is 3170. The summed E-state index contributed by atoms with van der Waals surface area (Å²) in [5, 5.41) is 1.15. The third-order valence-electron chi connectivity index (χ3n) is 12.3. The number of benzene rings is 8. The van der Waals surface area contributed by atoms with Gasteiger partial charge in [-0.1, -0.05) is 188 Å². The van der Waals surface area contributed by atoms with Gasteiger partial charge in [-0.2, -0.15) is 0 Å². The van der Waals surface area contributed by atoms with Crippen LogP contribution in [0.4, 0.5) is 11.4 Å². The van der Waals surface area contributed by atoms with Crippen LogP contribution in [-0.4, -0.2) is 21.0 Å². The highest BCUT2D eigenvalue weighted by Crippen LogP contribution is 2.54. The first-order chi connectivity index (χ1) is 30.7. The van der Waals surface area contributed by atoms with Gasteiger partial charge in [0.15, 0.2) is 17.5 Å². The summed E-state index contributed by atoms with van der Waals surface area (Å²) in [6, 6.07) is 72.4. The molecular formula is C57H38N4O. The van der Waals surface area contributed by atoms with E-state index in [1.807, 2.05) is 12.1 Å². The monoisotopic (exact) mass is 794 g/mol. The molecule has 12 rings (SSSR count). The largest absolute Gasteiger partial charge is 0.456 e. The zero-order chi connectivity index (χ0) is 41.0. The minimum Gasteiger partial charge on any atom is -0.456 e. The molecule has 1 aliphatic heterocycles. The van der Waals surface area contributed by atoms with Crippen LogP contribution in [0.2, 0.25) is 0 Å². The maximum absolute atomic E-state index is 6.65. The Morgan fingerprint density at radius 1 is 0.403 bits per heavy atom. The molecule has 10 aromatic rings. The fourth-order valence-corrected chi connectivity index (χ4v) is 9.38. The van der Waals surface area contributed by atoms with E-state index in [9.17, 15) is 0 Å². The number of para-hydroxylation sites is 2. The van der Waals surface area contributed by atoms with E-state index in [4.69, 9.17) is 19.4 Å². The van der Waals surface area contributed by atoms with Gasteiger partial charge in [0.25, 0.3) is 0 Å². The summed E-state index contributed by atoms with van der Waals surface area (Å²) in [5.41, 5.74) is 15.5. The molecule has 0 fully saturated rings. The van der Waals surface area contributed by atoms with Crippen molar-refractivity contribution in [2.45, 2.75) is 12.0 Å². The van der Waals surface area contributed by atoms with Crippen molar-refractivity contribution in [2.24, 2.45) is 0 Å². The first-order valence-electron chi connectivity index (χ1n) is 21.1. The summed E-state index contributed by atoms with van der Waals surface area (Å²) >= 11 is 0. The normalized spacial score (nSPS) is 15.0. The second kappa shape index (κ2) is 14.8. The van der Waals surface area contributed by atoms with Gasteiger partial charge in [-0.15, -0.1) is 0 Å². The lowest BCUT2D eigenvalue weighted by atomic mass is 9.81. The average Bonchev–Trinajstić information content (AvgIpc) is 3.91. The topological polar surface area (TPSA) is 55.1 Å². The molecule has 292 valence electrons. The third kappa shape index (κ3) is 6.13. The molecule has 3 heterocycles. The Morgan fingerprint density at radius 2 is 0.871 bits per heavy atom. The van der Waals surface area contributed by atoms with Gasteiger partial charge in [0.05, 0.1) is 6.04 Å². The molecule has 1 aliphatic carbocycles. The van der Waals surface area contributed by atoms with Crippen molar-refractivity contribution in [1.82, 2.24) is 15.0 Å². The lowest BCUT2D eigenvalue weighted by Crippen LogP contribution is -2.30. The van der Waals surface area contributed by atoms with Crippen molar-refractivity contribution in [3.8, 4) is 67.5 Å².